The Labute approximate surface area is 164 Å². The zero-order valence-electron chi connectivity index (χ0n) is 16.2. The number of nitrogens with one attached hydrogen (secondary N) is 2. The lowest BCUT2D eigenvalue weighted by Gasteiger charge is -2.13. The zero-order valence-corrected chi connectivity index (χ0v) is 16.2. The van der Waals surface area contributed by atoms with Crippen molar-refractivity contribution in [3.8, 4) is 11.5 Å². The van der Waals surface area contributed by atoms with E-state index in [9.17, 15) is 4.79 Å². The number of rotatable bonds is 5. The van der Waals surface area contributed by atoms with Crippen molar-refractivity contribution in [2.75, 3.05) is 32.6 Å². The molecule has 3 aromatic rings. The molecule has 1 aliphatic rings. The zero-order chi connectivity index (χ0) is 19.5. The Balaban J connectivity index is 1.63. The van der Waals surface area contributed by atoms with Crippen molar-refractivity contribution >= 4 is 22.5 Å². The number of fused-ring (bicyclic) bond motifs is 3. The van der Waals surface area contributed by atoms with Gasteiger partial charge in [0, 0.05) is 53.4 Å². The Morgan fingerprint density at radius 3 is 2.54 bits per heavy atom. The van der Waals surface area contributed by atoms with Gasteiger partial charge in [0.15, 0.2) is 0 Å². The van der Waals surface area contributed by atoms with Crippen LogP contribution in [0, 0.1) is 0 Å². The van der Waals surface area contributed by atoms with Gasteiger partial charge in [-0.15, -0.1) is 0 Å². The standard InChI is InChI=1S/C22H25N3O3/c1-27-16-11-15(12-17(13-16)28-2)24-22(26)14-25-20-6-4-3-5-18(20)19-7-9-23-10-8-21(19)25/h3-6,11-13,23H,7-10,14H2,1-2H3,(H,24,26). The molecule has 2 heterocycles. The molecular weight excluding hydrogens is 354 g/mol. The Morgan fingerprint density at radius 1 is 1.07 bits per heavy atom. The molecule has 1 aliphatic heterocycles. The minimum atomic E-state index is -0.0731. The van der Waals surface area contributed by atoms with Gasteiger partial charge >= 0.3 is 0 Å². The van der Waals surface area contributed by atoms with Crippen molar-refractivity contribution in [1.29, 1.82) is 0 Å². The third kappa shape index (κ3) is 3.55. The van der Waals surface area contributed by atoms with Crippen molar-refractivity contribution in [2.45, 2.75) is 19.4 Å². The van der Waals surface area contributed by atoms with E-state index in [1.165, 1.54) is 16.6 Å². The van der Waals surface area contributed by atoms with Gasteiger partial charge in [-0.2, -0.15) is 0 Å². The van der Waals surface area contributed by atoms with Crippen LogP contribution in [0.15, 0.2) is 42.5 Å². The van der Waals surface area contributed by atoms with Crippen LogP contribution in [-0.4, -0.2) is 37.8 Å². The average molecular weight is 379 g/mol. The minimum Gasteiger partial charge on any atom is -0.497 e. The molecule has 0 bridgehead atoms. The summed E-state index contributed by atoms with van der Waals surface area (Å²) >= 11 is 0. The van der Waals surface area contributed by atoms with Gasteiger partial charge in [-0.25, -0.2) is 0 Å². The second-order valence-electron chi connectivity index (χ2n) is 6.93. The molecular formula is C22H25N3O3. The smallest absolute Gasteiger partial charge is 0.244 e. The number of carbonyl (C=O) groups is 1. The molecule has 6 nitrogen and oxygen atoms in total. The third-order valence-corrected chi connectivity index (χ3v) is 5.22. The van der Waals surface area contributed by atoms with Crippen LogP contribution in [0.5, 0.6) is 11.5 Å². The minimum absolute atomic E-state index is 0.0731. The summed E-state index contributed by atoms with van der Waals surface area (Å²) < 4.78 is 12.7. The van der Waals surface area contributed by atoms with Crippen molar-refractivity contribution in [1.82, 2.24) is 9.88 Å². The molecule has 28 heavy (non-hydrogen) atoms. The molecule has 0 unspecified atom stereocenters. The lowest BCUT2D eigenvalue weighted by Crippen LogP contribution is -2.21. The number of hydrogen-bond donors (Lipinski definition) is 2. The van der Waals surface area contributed by atoms with E-state index in [0.29, 0.717) is 17.2 Å². The predicted octanol–water partition coefficient (Wildman–Crippen LogP) is 2.99. The number of hydrogen-bond acceptors (Lipinski definition) is 4. The number of para-hydroxylation sites is 1. The van der Waals surface area contributed by atoms with Gasteiger partial charge in [-0.1, -0.05) is 18.2 Å². The molecule has 0 aliphatic carbocycles. The monoisotopic (exact) mass is 379 g/mol. The van der Waals surface area contributed by atoms with Crippen LogP contribution in [-0.2, 0) is 24.2 Å². The quantitative estimate of drug-likeness (QED) is 0.715. The molecule has 1 aromatic heterocycles. The molecule has 4 rings (SSSR count). The Hall–Kier alpha value is -2.99. The highest BCUT2D eigenvalue weighted by molar-refractivity contribution is 5.93. The van der Waals surface area contributed by atoms with E-state index in [-0.39, 0.29) is 12.5 Å². The van der Waals surface area contributed by atoms with Crippen LogP contribution < -0.4 is 20.1 Å². The first-order valence-corrected chi connectivity index (χ1v) is 9.52. The number of ether oxygens (including phenoxy) is 2. The second-order valence-corrected chi connectivity index (χ2v) is 6.93. The normalized spacial score (nSPS) is 13.6. The summed E-state index contributed by atoms with van der Waals surface area (Å²) in [5, 5.41) is 7.68. The van der Waals surface area contributed by atoms with E-state index in [0.717, 1.165) is 31.4 Å². The third-order valence-electron chi connectivity index (χ3n) is 5.22. The summed E-state index contributed by atoms with van der Waals surface area (Å²) in [7, 11) is 3.19. The fourth-order valence-corrected chi connectivity index (χ4v) is 3.94. The first kappa shape index (κ1) is 18.4. The number of carbonyl (C=O) groups excluding carboxylic acids is 1. The van der Waals surface area contributed by atoms with Crippen molar-refractivity contribution in [2.24, 2.45) is 0 Å². The Morgan fingerprint density at radius 2 is 1.79 bits per heavy atom. The Kier molecular flexibility index (Phi) is 5.21. The van der Waals surface area contributed by atoms with E-state index in [1.54, 1.807) is 32.4 Å². The fraction of sp³-hybridized carbons (Fsp3) is 0.318. The largest absolute Gasteiger partial charge is 0.497 e. The maximum absolute atomic E-state index is 12.9. The molecule has 6 heteroatoms. The van der Waals surface area contributed by atoms with Crippen LogP contribution in [0.4, 0.5) is 5.69 Å². The highest BCUT2D eigenvalue weighted by Crippen LogP contribution is 2.29. The molecule has 0 saturated carbocycles. The summed E-state index contributed by atoms with van der Waals surface area (Å²) in [6.45, 7) is 2.17. The van der Waals surface area contributed by atoms with E-state index in [1.807, 2.05) is 6.07 Å². The molecule has 0 spiro atoms. The molecule has 2 aromatic carbocycles. The highest BCUT2D eigenvalue weighted by Gasteiger charge is 2.20. The number of benzene rings is 2. The summed E-state index contributed by atoms with van der Waals surface area (Å²) in [4.78, 5) is 12.9. The van der Waals surface area contributed by atoms with Crippen LogP contribution in [0.25, 0.3) is 10.9 Å². The number of nitrogens with zero attached hydrogens (tertiary/aromatic N) is 1. The number of aromatic nitrogens is 1. The van der Waals surface area contributed by atoms with Gasteiger partial charge < -0.3 is 24.7 Å². The molecule has 0 fully saturated rings. The number of amides is 1. The molecule has 1 amide bonds. The lowest BCUT2D eigenvalue weighted by molar-refractivity contribution is -0.116. The first-order chi connectivity index (χ1) is 13.7. The lowest BCUT2D eigenvalue weighted by atomic mass is 10.1. The summed E-state index contributed by atoms with van der Waals surface area (Å²) in [5.74, 6) is 1.21. The van der Waals surface area contributed by atoms with Crippen molar-refractivity contribution in [3.63, 3.8) is 0 Å². The molecule has 146 valence electrons. The van der Waals surface area contributed by atoms with Crippen LogP contribution in [0.2, 0.25) is 0 Å². The van der Waals surface area contributed by atoms with E-state index in [4.69, 9.17) is 9.47 Å². The second kappa shape index (κ2) is 7.94. The number of methoxy groups -OCH3 is 2. The number of anilines is 1. The maximum atomic E-state index is 12.9. The highest BCUT2D eigenvalue weighted by atomic mass is 16.5. The van der Waals surface area contributed by atoms with E-state index in [2.05, 4.69) is 33.4 Å². The van der Waals surface area contributed by atoms with Crippen LogP contribution >= 0.6 is 0 Å². The molecule has 0 radical (unpaired) electrons. The topological polar surface area (TPSA) is 64.5 Å². The fourth-order valence-electron chi connectivity index (χ4n) is 3.94. The maximum Gasteiger partial charge on any atom is 0.244 e. The predicted molar refractivity (Wildman–Crippen MR) is 110 cm³/mol. The van der Waals surface area contributed by atoms with Crippen molar-refractivity contribution in [3.05, 3.63) is 53.7 Å². The molecule has 2 N–H and O–H groups in total. The Bertz CT molecular complexity index is 987. The van der Waals surface area contributed by atoms with Gasteiger partial charge in [0.1, 0.15) is 18.0 Å². The van der Waals surface area contributed by atoms with Gasteiger partial charge in [-0.05, 0) is 24.6 Å². The van der Waals surface area contributed by atoms with Crippen LogP contribution in [0.1, 0.15) is 11.3 Å². The first-order valence-electron chi connectivity index (χ1n) is 9.52. The summed E-state index contributed by atoms with van der Waals surface area (Å²) in [5.41, 5.74) is 4.39. The SMILES string of the molecule is COc1cc(NC(=O)Cn2c3c(c4ccccc42)CCNCC3)cc(OC)c1. The van der Waals surface area contributed by atoms with E-state index >= 15 is 0 Å². The average Bonchev–Trinajstić information content (AvgIpc) is 2.87. The van der Waals surface area contributed by atoms with E-state index < -0.39 is 0 Å². The van der Waals surface area contributed by atoms with Gasteiger partial charge in [0.25, 0.3) is 0 Å². The van der Waals surface area contributed by atoms with Gasteiger partial charge in [0.2, 0.25) is 5.91 Å². The molecule has 0 saturated heterocycles. The van der Waals surface area contributed by atoms with Crippen LogP contribution in [0.3, 0.4) is 0 Å². The molecule has 0 atom stereocenters. The van der Waals surface area contributed by atoms with Gasteiger partial charge in [0.05, 0.1) is 14.2 Å². The van der Waals surface area contributed by atoms with Crippen molar-refractivity contribution < 1.29 is 14.3 Å². The summed E-state index contributed by atoms with van der Waals surface area (Å²) in [6, 6.07) is 13.7. The van der Waals surface area contributed by atoms with Gasteiger partial charge in [-0.3, -0.25) is 4.79 Å². The summed E-state index contributed by atoms with van der Waals surface area (Å²) in [6.07, 6.45) is 1.90.